The highest BCUT2D eigenvalue weighted by Gasteiger charge is 2.05. The molecule has 21 heavy (non-hydrogen) atoms. The van der Waals surface area contributed by atoms with E-state index in [0.717, 1.165) is 31.0 Å². The molecule has 0 bridgehead atoms. The molecule has 0 unspecified atom stereocenters. The number of guanidine groups is 1. The molecular formula is C16H27FN4. The maximum atomic E-state index is 13.7. The van der Waals surface area contributed by atoms with Crippen LogP contribution in [-0.2, 0) is 13.1 Å². The number of hydrogen-bond acceptors (Lipinski definition) is 2. The monoisotopic (exact) mass is 294 g/mol. The van der Waals surface area contributed by atoms with Crippen molar-refractivity contribution in [1.82, 2.24) is 15.5 Å². The van der Waals surface area contributed by atoms with Crippen molar-refractivity contribution in [3.63, 3.8) is 0 Å². The maximum Gasteiger partial charge on any atom is 0.191 e. The van der Waals surface area contributed by atoms with Crippen LogP contribution in [-0.4, -0.2) is 38.0 Å². The zero-order valence-electron chi connectivity index (χ0n) is 13.5. The van der Waals surface area contributed by atoms with Crippen molar-refractivity contribution >= 4 is 5.96 Å². The third-order valence-corrected chi connectivity index (χ3v) is 2.90. The van der Waals surface area contributed by atoms with E-state index in [1.165, 1.54) is 6.07 Å². The molecule has 0 amide bonds. The topological polar surface area (TPSA) is 39.7 Å². The minimum absolute atomic E-state index is 0.160. The van der Waals surface area contributed by atoms with Crippen LogP contribution in [0.3, 0.4) is 0 Å². The molecule has 0 saturated heterocycles. The highest BCUT2D eigenvalue weighted by Crippen LogP contribution is 2.13. The van der Waals surface area contributed by atoms with E-state index in [2.05, 4.69) is 22.5 Å². The van der Waals surface area contributed by atoms with Gasteiger partial charge >= 0.3 is 0 Å². The van der Waals surface area contributed by atoms with E-state index in [1.54, 1.807) is 6.07 Å². The van der Waals surface area contributed by atoms with Gasteiger partial charge in [-0.15, -0.1) is 0 Å². The molecule has 0 aliphatic heterocycles. The Hall–Kier alpha value is -1.62. The average Bonchev–Trinajstić information content (AvgIpc) is 2.44. The quantitative estimate of drug-likeness (QED) is 0.599. The zero-order chi connectivity index (χ0) is 15.7. The number of nitrogens with zero attached hydrogens (tertiary/aromatic N) is 2. The SMILES string of the molecule is CCCNC(=NCc1ccc(F)c(CN(C)C)c1)NCC. The van der Waals surface area contributed by atoms with E-state index >= 15 is 0 Å². The van der Waals surface area contributed by atoms with E-state index in [4.69, 9.17) is 0 Å². The van der Waals surface area contributed by atoms with E-state index in [9.17, 15) is 4.39 Å². The van der Waals surface area contributed by atoms with Crippen molar-refractivity contribution in [2.75, 3.05) is 27.2 Å². The fraction of sp³-hybridized carbons (Fsp3) is 0.562. The summed E-state index contributed by atoms with van der Waals surface area (Å²) in [6.45, 7) is 7.00. The molecular weight excluding hydrogens is 267 g/mol. The summed E-state index contributed by atoms with van der Waals surface area (Å²) >= 11 is 0. The molecule has 118 valence electrons. The fourth-order valence-electron chi connectivity index (χ4n) is 1.94. The predicted molar refractivity (Wildman–Crippen MR) is 86.9 cm³/mol. The summed E-state index contributed by atoms with van der Waals surface area (Å²) in [4.78, 5) is 6.49. The molecule has 0 aromatic heterocycles. The predicted octanol–water partition coefficient (Wildman–Crippen LogP) is 2.35. The summed E-state index contributed by atoms with van der Waals surface area (Å²) in [6.07, 6.45) is 1.05. The Morgan fingerprint density at radius 2 is 2.00 bits per heavy atom. The Balaban J connectivity index is 2.76. The van der Waals surface area contributed by atoms with Gasteiger partial charge in [0, 0.05) is 25.2 Å². The van der Waals surface area contributed by atoms with Crippen molar-refractivity contribution in [2.24, 2.45) is 4.99 Å². The molecule has 0 radical (unpaired) electrons. The van der Waals surface area contributed by atoms with Crippen LogP contribution in [0.15, 0.2) is 23.2 Å². The van der Waals surface area contributed by atoms with Crippen LogP contribution in [0.25, 0.3) is 0 Å². The molecule has 0 spiro atoms. The molecule has 1 rings (SSSR count). The van der Waals surface area contributed by atoms with Crippen LogP contribution in [0.1, 0.15) is 31.4 Å². The molecule has 0 aliphatic carbocycles. The summed E-state index contributed by atoms with van der Waals surface area (Å²) in [6, 6.07) is 5.21. The summed E-state index contributed by atoms with van der Waals surface area (Å²) in [7, 11) is 3.87. The van der Waals surface area contributed by atoms with Crippen LogP contribution in [0.4, 0.5) is 4.39 Å². The van der Waals surface area contributed by atoms with E-state index in [-0.39, 0.29) is 5.82 Å². The van der Waals surface area contributed by atoms with E-state index in [1.807, 2.05) is 32.0 Å². The largest absolute Gasteiger partial charge is 0.357 e. The van der Waals surface area contributed by atoms with Gasteiger partial charge in [-0.2, -0.15) is 0 Å². The number of nitrogens with one attached hydrogen (secondary N) is 2. The standard InChI is InChI=1S/C16H27FN4/c1-5-9-19-16(18-6-2)20-11-13-7-8-15(17)14(10-13)12-21(3)4/h7-8,10H,5-6,9,11-12H2,1-4H3,(H2,18,19,20). The van der Waals surface area contributed by atoms with Crippen LogP contribution in [0.5, 0.6) is 0 Å². The molecule has 1 aromatic carbocycles. The van der Waals surface area contributed by atoms with Crippen LogP contribution >= 0.6 is 0 Å². The second kappa shape index (κ2) is 9.34. The van der Waals surface area contributed by atoms with Gasteiger partial charge in [-0.3, -0.25) is 0 Å². The van der Waals surface area contributed by atoms with Gasteiger partial charge in [0.15, 0.2) is 5.96 Å². The van der Waals surface area contributed by atoms with Crippen molar-refractivity contribution < 1.29 is 4.39 Å². The van der Waals surface area contributed by atoms with Gasteiger partial charge < -0.3 is 15.5 Å². The third kappa shape index (κ3) is 6.58. The lowest BCUT2D eigenvalue weighted by Gasteiger charge is -2.12. The fourth-order valence-corrected chi connectivity index (χ4v) is 1.94. The van der Waals surface area contributed by atoms with Crippen LogP contribution in [0.2, 0.25) is 0 Å². The summed E-state index contributed by atoms with van der Waals surface area (Å²) in [5.74, 6) is 0.644. The highest BCUT2D eigenvalue weighted by molar-refractivity contribution is 5.79. The summed E-state index contributed by atoms with van der Waals surface area (Å²) in [5.41, 5.74) is 1.72. The molecule has 5 heteroatoms. The Kier molecular flexibility index (Phi) is 7.75. The minimum atomic E-state index is -0.160. The van der Waals surface area contributed by atoms with Crippen molar-refractivity contribution in [3.8, 4) is 0 Å². The van der Waals surface area contributed by atoms with Gasteiger partial charge in [-0.25, -0.2) is 9.38 Å². The zero-order valence-corrected chi connectivity index (χ0v) is 13.5. The first-order valence-electron chi connectivity index (χ1n) is 7.51. The lowest BCUT2D eigenvalue weighted by Crippen LogP contribution is -2.37. The minimum Gasteiger partial charge on any atom is -0.357 e. The van der Waals surface area contributed by atoms with Gasteiger partial charge in [0.1, 0.15) is 5.82 Å². The van der Waals surface area contributed by atoms with Crippen molar-refractivity contribution in [3.05, 3.63) is 35.1 Å². The molecule has 0 heterocycles. The number of hydrogen-bond donors (Lipinski definition) is 2. The van der Waals surface area contributed by atoms with Crippen LogP contribution < -0.4 is 10.6 Å². The number of benzene rings is 1. The lowest BCUT2D eigenvalue weighted by molar-refractivity contribution is 0.392. The molecule has 0 saturated carbocycles. The number of halogens is 1. The molecule has 2 N–H and O–H groups in total. The first-order valence-corrected chi connectivity index (χ1v) is 7.51. The van der Waals surface area contributed by atoms with E-state index < -0.39 is 0 Å². The number of aliphatic imine (C=N–C) groups is 1. The molecule has 0 fully saturated rings. The van der Waals surface area contributed by atoms with Gasteiger partial charge in [-0.05, 0) is 45.1 Å². The average molecular weight is 294 g/mol. The highest BCUT2D eigenvalue weighted by atomic mass is 19.1. The summed E-state index contributed by atoms with van der Waals surface area (Å²) < 4.78 is 13.7. The Morgan fingerprint density at radius 3 is 2.62 bits per heavy atom. The lowest BCUT2D eigenvalue weighted by atomic mass is 10.1. The molecule has 0 atom stereocenters. The number of rotatable bonds is 7. The maximum absolute atomic E-state index is 13.7. The Labute approximate surface area is 127 Å². The van der Waals surface area contributed by atoms with Gasteiger partial charge in [0.2, 0.25) is 0 Å². The van der Waals surface area contributed by atoms with Gasteiger partial charge in [0.05, 0.1) is 6.54 Å². The first kappa shape index (κ1) is 17.4. The van der Waals surface area contributed by atoms with Gasteiger partial charge in [-0.1, -0.05) is 13.0 Å². The normalized spacial score (nSPS) is 11.8. The van der Waals surface area contributed by atoms with E-state index in [0.29, 0.717) is 18.7 Å². The second-order valence-corrected chi connectivity index (χ2v) is 5.29. The third-order valence-electron chi connectivity index (χ3n) is 2.90. The Morgan fingerprint density at radius 1 is 1.24 bits per heavy atom. The molecule has 4 nitrogen and oxygen atoms in total. The second-order valence-electron chi connectivity index (χ2n) is 5.29. The molecule has 1 aromatic rings. The Bertz CT molecular complexity index is 458. The van der Waals surface area contributed by atoms with Gasteiger partial charge in [0.25, 0.3) is 0 Å². The first-order chi connectivity index (χ1) is 10.1. The van der Waals surface area contributed by atoms with Crippen molar-refractivity contribution in [1.29, 1.82) is 0 Å². The van der Waals surface area contributed by atoms with Crippen LogP contribution in [0, 0.1) is 5.82 Å². The molecule has 0 aliphatic rings. The van der Waals surface area contributed by atoms with Crippen molar-refractivity contribution in [2.45, 2.75) is 33.4 Å². The smallest absolute Gasteiger partial charge is 0.191 e. The summed E-state index contributed by atoms with van der Waals surface area (Å²) in [5, 5.41) is 6.46.